The van der Waals surface area contributed by atoms with Crippen LogP contribution >= 0.6 is 0 Å². The van der Waals surface area contributed by atoms with Crippen LogP contribution in [0.4, 0.5) is 4.39 Å². The number of halogens is 1. The molecule has 1 atom stereocenters. The third-order valence-electron chi connectivity index (χ3n) is 5.14. The van der Waals surface area contributed by atoms with Crippen molar-refractivity contribution in [1.82, 2.24) is 9.80 Å². The maximum Gasteiger partial charge on any atom is 0.328 e. The Hall–Kier alpha value is -2.73. The molecule has 1 heterocycles. The predicted octanol–water partition coefficient (Wildman–Crippen LogP) is 2.77. The summed E-state index contributed by atoms with van der Waals surface area (Å²) in [6.07, 6.45) is 0.449. The summed E-state index contributed by atoms with van der Waals surface area (Å²) in [4.78, 5) is 28.9. The monoisotopic (exact) mass is 384 g/mol. The second-order valence-electron chi connectivity index (χ2n) is 6.97. The van der Waals surface area contributed by atoms with Gasteiger partial charge in [-0.3, -0.25) is 9.69 Å². The average Bonchev–Trinajstić information content (AvgIpc) is 2.71. The highest BCUT2D eigenvalue weighted by Gasteiger charge is 2.35. The lowest BCUT2D eigenvalue weighted by Crippen LogP contribution is -2.51. The number of amides is 1. The van der Waals surface area contributed by atoms with Gasteiger partial charge in [0.25, 0.3) is 0 Å². The van der Waals surface area contributed by atoms with E-state index in [2.05, 4.69) is 0 Å². The molecule has 0 saturated heterocycles. The molecule has 0 bridgehead atoms. The second kappa shape index (κ2) is 8.97. The third-order valence-corrected chi connectivity index (χ3v) is 5.14. The van der Waals surface area contributed by atoms with Crippen molar-refractivity contribution in [3.8, 4) is 0 Å². The highest BCUT2D eigenvalue weighted by molar-refractivity contribution is 5.86. The molecular weight excluding hydrogens is 359 g/mol. The summed E-state index contributed by atoms with van der Waals surface area (Å²) in [5.41, 5.74) is 2.92. The lowest BCUT2D eigenvalue weighted by Gasteiger charge is -2.36. The standard InChI is InChI=1S/C22H25FN2O3/c1-3-24(13-16-7-6-10-19(23)11-16)15-21(26)25-14-18-9-5-4-8-17(18)12-20(25)22(27)28-2/h4-11,20H,3,12-15H2,1-2H3/t20-/m1/s1. The molecule has 1 aliphatic rings. The molecule has 1 amide bonds. The van der Waals surface area contributed by atoms with Gasteiger partial charge in [0.1, 0.15) is 11.9 Å². The van der Waals surface area contributed by atoms with Crippen molar-refractivity contribution < 1.29 is 18.7 Å². The number of fused-ring (bicyclic) bond motifs is 1. The van der Waals surface area contributed by atoms with E-state index in [4.69, 9.17) is 4.74 Å². The Morgan fingerprint density at radius 2 is 1.93 bits per heavy atom. The van der Waals surface area contributed by atoms with Crippen LogP contribution in [-0.4, -0.2) is 47.9 Å². The molecule has 1 aliphatic heterocycles. The number of carbonyl (C=O) groups is 2. The molecule has 3 rings (SSSR count). The first-order valence-electron chi connectivity index (χ1n) is 9.42. The van der Waals surface area contributed by atoms with Gasteiger partial charge in [0.15, 0.2) is 0 Å². The van der Waals surface area contributed by atoms with Crippen LogP contribution < -0.4 is 0 Å². The molecule has 2 aromatic rings. The van der Waals surface area contributed by atoms with E-state index < -0.39 is 12.0 Å². The fourth-order valence-corrected chi connectivity index (χ4v) is 3.59. The van der Waals surface area contributed by atoms with Crippen LogP contribution in [0.25, 0.3) is 0 Å². The quantitative estimate of drug-likeness (QED) is 0.719. The first kappa shape index (κ1) is 20.0. The molecule has 0 fully saturated rings. The van der Waals surface area contributed by atoms with Crippen molar-refractivity contribution in [2.75, 3.05) is 20.2 Å². The smallest absolute Gasteiger partial charge is 0.328 e. The predicted molar refractivity (Wildman–Crippen MR) is 104 cm³/mol. The lowest BCUT2D eigenvalue weighted by atomic mass is 9.94. The van der Waals surface area contributed by atoms with E-state index in [0.29, 0.717) is 26.1 Å². The number of hydrogen-bond donors (Lipinski definition) is 0. The number of carbonyl (C=O) groups excluding carboxylic acids is 2. The summed E-state index contributed by atoms with van der Waals surface area (Å²) in [7, 11) is 1.34. The van der Waals surface area contributed by atoms with Crippen LogP contribution in [0.5, 0.6) is 0 Å². The van der Waals surface area contributed by atoms with Crippen LogP contribution in [0.1, 0.15) is 23.6 Å². The molecule has 0 saturated carbocycles. The summed E-state index contributed by atoms with van der Waals surface area (Å²) < 4.78 is 18.4. The molecular formula is C22H25FN2O3. The summed E-state index contributed by atoms with van der Waals surface area (Å²) in [5, 5.41) is 0. The Labute approximate surface area is 164 Å². The molecule has 148 valence electrons. The van der Waals surface area contributed by atoms with Crippen molar-refractivity contribution in [3.63, 3.8) is 0 Å². The Bertz CT molecular complexity index is 855. The van der Waals surface area contributed by atoms with Gasteiger partial charge in [-0.05, 0) is 35.4 Å². The van der Waals surface area contributed by atoms with Gasteiger partial charge in [0.05, 0.1) is 13.7 Å². The van der Waals surface area contributed by atoms with Crippen LogP contribution in [0.15, 0.2) is 48.5 Å². The summed E-state index contributed by atoms with van der Waals surface area (Å²) in [6, 6.07) is 13.6. The third kappa shape index (κ3) is 4.57. The molecule has 0 spiro atoms. The molecule has 6 heteroatoms. The van der Waals surface area contributed by atoms with E-state index >= 15 is 0 Å². The highest BCUT2D eigenvalue weighted by Crippen LogP contribution is 2.24. The number of nitrogens with zero attached hydrogens (tertiary/aromatic N) is 2. The van der Waals surface area contributed by atoms with Crippen LogP contribution in [0.2, 0.25) is 0 Å². The van der Waals surface area contributed by atoms with Gasteiger partial charge in [-0.1, -0.05) is 43.3 Å². The first-order chi connectivity index (χ1) is 13.5. The van der Waals surface area contributed by atoms with Gasteiger partial charge in [-0.15, -0.1) is 0 Å². The maximum atomic E-state index is 13.4. The van der Waals surface area contributed by atoms with Gasteiger partial charge in [-0.25, -0.2) is 9.18 Å². The zero-order chi connectivity index (χ0) is 20.1. The van der Waals surface area contributed by atoms with Crippen LogP contribution in [-0.2, 0) is 33.8 Å². The van der Waals surface area contributed by atoms with E-state index in [0.717, 1.165) is 16.7 Å². The maximum absolute atomic E-state index is 13.4. The van der Waals surface area contributed by atoms with Crippen molar-refractivity contribution in [3.05, 3.63) is 71.0 Å². The zero-order valence-electron chi connectivity index (χ0n) is 16.2. The van der Waals surface area contributed by atoms with Crippen molar-refractivity contribution in [1.29, 1.82) is 0 Å². The number of methoxy groups -OCH3 is 1. The summed E-state index contributed by atoms with van der Waals surface area (Å²) in [5.74, 6) is -0.836. The second-order valence-corrected chi connectivity index (χ2v) is 6.97. The van der Waals surface area contributed by atoms with Crippen LogP contribution in [0.3, 0.4) is 0 Å². The molecule has 0 unspecified atom stereocenters. The van der Waals surface area contributed by atoms with Gasteiger partial charge in [-0.2, -0.15) is 0 Å². The zero-order valence-corrected chi connectivity index (χ0v) is 16.2. The molecule has 5 nitrogen and oxygen atoms in total. The first-order valence-corrected chi connectivity index (χ1v) is 9.42. The van der Waals surface area contributed by atoms with E-state index in [-0.39, 0.29) is 18.3 Å². The largest absolute Gasteiger partial charge is 0.467 e. The fourth-order valence-electron chi connectivity index (χ4n) is 3.59. The Kier molecular flexibility index (Phi) is 6.41. The van der Waals surface area contributed by atoms with Crippen molar-refractivity contribution >= 4 is 11.9 Å². The average molecular weight is 384 g/mol. The number of hydrogen-bond acceptors (Lipinski definition) is 4. The summed E-state index contributed by atoms with van der Waals surface area (Å²) >= 11 is 0. The molecule has 28 heavy (non-hydrogen) atoms. The summed E-state index contributed by atoms with van der Waals surface area (Å²) in [6.45, 7) is 3.59. The Morgan fingerprint density at radius 1 is 1.18 bits per heavy atom. The molecule has 0 radical (unpaired) electrons. The molecule has 2 aromatic carbocycles. The Morgan fingerprint density at radius 3 is 2.61 bits per heavy atom. The number of ether oxygens (including phenoxy) is 1. The van der Waals surface area contributed by atoms with E-state index in [1.807, 2.05) is 42.2 Å². The topological polar surface area (TPSA) is 49.9 Å². The van der Waals surface area contributed by atoms with Gasteiger partial charge >= 0.3 is 5.97 Å². The fraction of sp³-hybridized carbons (Fsp3) is 0.364. The van der Waals surface area contributed by atoms with Gasteiger partial charge in [0.2, 0.25) is 5.91 Å². The molecule has 0 aromatic heterocycles. The van der Waals surface area contributed by atoms with E-state index in [1.54, 1.807) is 11.0 Å². The van der Waals surface area contributed by atoms with Gasteiger partial charge in [0, 0.05) is 19.5 Å². The number of esters is 1. The molecule has 0 N–H and O–H groups in total. The minimum absolute atomic E-state index is 0.136. The number of rotatable bonds is 6. The minimum atomic E-state index is -0.625. The van der Waals surface area contributed by atoms with Crippen LogP contribution in [0, 0.1) is 5.82 Å². The Balaban J connectivity index is 1.75. The van der Waals surface area contributed by atoms with Crippen molar-refractivity contribution in [2.45, 2.75) is 32.5 Å². The van der Waals surface area contributed by atoms with Crippen molar-refractivity contribution in [2.24, 2.45) is 0 Å². The lowest BCUT2D eigenvalue weighted by molar-refractivity contribution is -0.154. The highest BCUT2D eigenvalue weighted by atomic mass is 19.1. The van der Waals surface area contributed by atoms with E-state index in [9.17, 15) is 14.0 Å². The molecule has 0 aliphatic carbocycles. The number of likely N-dealkylation sites (N-methyl/N-ethyl adjacent to an activating group) is 1. The van der Waals surface area contributed by atoms with E-state index in [1.165, 1.54) is 19.2 Å². The number of benzene rings is 2. The minimum Gasteiger partial charge on any atom is -0.467 e. The normalized spacial score (nSPS) is 16.0. The van der Waals surface area contributed by atoms with Gasteiger partial charge < -0.3 is 9.64 Å². The SMILES string of the molecule is CCN(CC(=O)N1Cc2ccccc2C[C@@H]1C(=O)OC)Cc1cccc(F)c1.